The van der Waals surface area contributed by atoms with Gasteiger partial charge in [0.25, 0.3) is 0 Å². The number of hydrogen-bond acceptors (Lipinski definition) is 6. The first-order valence-corrected chi connectivity index (χ1v) is 13.7. The summed E-state index contributed by atoms with van der Waals surface area (Å²) < 4.78 is 81.2. The molecule has 0 aliphatic rings. The number of aliphatic carboxylic acids is 2. The number of sulfonamides is 2. The lowest BCUT2D eigenvalue weighted by Gasteiger charge is -2.25. The number of rotatable bonds is 12. The van der Waals surface area contributed by atoms with Gasteiger partial charge in [-0.3, -0.25) is 9.59 Å². The van der Waals surface area contributed by atoms with Crippen molar-refractivity contribution in [3.63, 3.8) is 0 Å². The molecule has 202 valence electrons. The second-order valence-electron chi connectivity index (χ2n) is 8.02. The van der Waals surface area contributed by atoms with E-state index in [-0.39, 0.29) is 11.1 Å². The Morgan fingerprint density at radius 3 is 1.32 bits per heavy atom. The SMILES string of the molecule is O=C(O)CN(Cc1ccccc1CN(CC(=O)O)S(=O)(=O)c1cccc(F)c1)S(=O)(=O)c1cccc(F)c1. The largest absolute Gasteiger partial charge is 0.480 e. The highest BCUT2D eigenvalue weighted by Gasteiger charge is 2.30. The maximum atomic E-state index is 13.7. The third-order valence-electron chi connectivity index (χ3n) is 5.30. The number of benzene rings is 3. The first-order valence-electron chi connectivity index (χ1n) is 10.8. The maximum absolute atomic E-state index is 13.7. The van der Waals surface area contributed by atoms with Crippen LogP contribution in [0.4, 0.5) is 8.78 Å². The van der Waals surface area contributed by atoms with Crippen LogP contribution >= 0.6 is 0 Å². The lowest BCUT2D eigenvalue weighted by Crippen LogP contribution is -2.37. The molecule has 3 aromatic rings. The molecule has 0 aromatic heterocycles. The smallest absolute Gasteiger partial charge is 0.318 e. The summed E-state index contributed by atoms with van der Waals surface area (Å²) in [5, 5.41) is 18.7. The molecule has 0 spiro atoms. The van der Waals surface area contributed by atoms with Crippen molar-refractivity contribution in [3.8, 4) is 0 Å². The minimum Gasteiger partial charge on any atom is -0.480 e. The van der Waals surface area contributed by atoms with Crippen molar-refractivity contribution >= 4 is 32.0 Å². The van der Waals surface area contributed by atoms with Gasteiger partial charge >= 0.3 is 11.9 Å². The van der Waals surface area contributed by atoms with E-state index >= 15 is 0 Å². The van der Waals surface area contributed by atoms with Crippen LogP contribution in [0.15, 0.2) is 82.6 Å². The summed E-state index contributed by atoms with van der Waals surface area (Å²) in [4.78, 5) is 22.0. The van der Waals surface area contributed by atoms with Gasteiger partial charge in [0.15, 0.2) is 0 Å². The second kappa shape index (κ2) is 11.8. The fraction of sp³-hybridized carbons (Fsp3) is 0.167. The minimum absolute atomic E-state index is 0.165. The van der Waals surface area contributed by atoms with E-state index < -0.39 is 79.6 Å². The Morgan fingerprint density at radius 1 is 0.632 bits per heavy atom. The van der Waals surface area contributed by atoms with E-state index in [1.165, 1.54) is 24.3 Å². The van der Waals surface area contributed by atoms with Crippen LogP contribution in [0, 0.1) is 11.6 Å². The molecule has 0 heterocycles. The number of carboxylic acids is 2. The standard InChI is InChI=1S/C24H22F2N2O8S2/c25-19-7-3-9-21(11-19)37(33,34)27(15-23(29)30)13-17-5-1-2-6-18(17)14-28(16-24(31)32)38(35,36)22-10-4-8-20(26)12-22/h1-12H,13-16H2,(H,29,30)(H,31,32). The predicted octanol–water partition coefficient (Wildman–Crippen LogP) is 2.52. The van der Waals surface area contributed by atoms with Gasteiger partial charge in [-0.25, -0.2) is 25.6 Å². The Morgan fingerprint density at radius 2 is 1.00 bits per heavy atom. The average Bonchev–Trinajstić information content (AvgIpc) is 2.83. The molecule has 0 saturated heterocycles. The summed E-state index contributed by atoms with van der Waals surface area (Å²) in [6.45, 7) is -3.09. The fourth-order valence-corrected chi connectivity index (χ4v) is 6.35. The first-order chi connectivity index (χ1) is 17.8. The maximum Gasteiger partial charge on any atom is 0.318 e. The molecule has 0 radical (unpaired) electrons. The third kappa shape index (κ3) is 6.98. The van der Waals surface area contributed by atoms with Crippen LogP contribution in [0.3, 0.4) is 0 Å². The van der Waals surface area contributed by atoms with Crippen molar-refractivity contribution in [3.05, 3.63) is 95.6 Å². The van der Waals surface area contributed by atoms with Gasteiger partial charge in [-0.1, -0.05) is 36.4 Å². The topological polar surface area (TPSA) is 149 Å². The Hall–Kier alpha value is -3.72. The third-order valence-corrected chi connectivity index (χ3v) is 8.88. The first kappa shape index (κ1) is 28.8. The van der Waals surface area contributed by atoms with Crippen LogP contribution in [0.2, 0.25) is 0 Å². The number of carboxylic acid groups (broad SMARTS) is 2. The zero-order chi connectivity index (χ0) is 28.1. The van der Waals surface area contributed by atoms with Gasteiger partial charge in [0.2, 0.25) is 20.0 Å². The van der Waals surface area contributed by atoms with Crippen molar-refractivity contribution in [2.45, 2.75) is 22.9 Å². The highest BCUT2D eigenvalue weighted by molar-refractivity contribution is 7.89. The van der Waals surface area contributed by atoms with Gasteiger partial charge in [0.05, 0.1) is 9.79 Å². The predicted molar refractivity (Wildman–Crippen MR) is 130 cm³/mol. The van der Waals surface area contributed by atoms with Crippen LogP contribution in [0.1, 0.15) is 11.1 Å². The molecule has 0 aliphatic heterocycles. The summed E-state index contributed by atoms with van der Waals surface area (Å²) in [5.41, 5.74) is 0.331. The molecule has 3 aromatic carbocycles. The van der Waals surface area contributed by atoms with Gasteiger partial charge in [-0.2, -0.15) is 8.61 Å². The van der Waals surface area contributed by atoms with E-state index in [0.717, 1.165) is 48.5 Å². The number of nitrogens with zero attached hydrogens (tertiary/aromatic N) is 2. The van der Waals surface area contributed by atoms with Crippen LogP contribution in [-0.4, -0.2) is 60.7 Å². The van der Waals surface area contributed by atoms with Crippen molar-refractivity contribution in [2.24, 2.45) is 0 Å². The normalized spacial score (nSPS) is 12.1. The van der Waals surface area contributed by atoms with E-state index in [2.05, 4.69) is 0 Å². The number of hydrogen-bond donors (Lipinski definition) is 2. The Kier molecular flexibility index (Phi) is 8.93. The molecule has 0 atom stereocenters. The molecule has 0 saturated carbocycles. The van der Waals surface area contributed by atoms with E-state index in [1.807, 2.05) is 0 Å². The fourth-order valence-electron chi connectivity index (χ4n) is 3.55. The zero-order valence-electron chi connectivity index (χ0n) is 19.6. The van der Waals surface area contributed by atoms with Crippen LogP contribution in [-0.2, 0) is 42.7 Å². The van der Waals surface area contributed by atoms with E-state index in [0.29, 0.717) is 8.61 Å². The lowest BCUT2D eigenvalue weighted by molar-refractivity contribution is -0.138. The Balaban J connectivity index is 2.02. The van der Waals surface area contributed by atoms with Gasteiger partial charge < -0.3 is 10.2 Å². The number of halogens is 2. The second-order valence-corrected chi connectivity index (χ2v) is 11.9. The molecule has 0 aliphatic carbocycles. The van der Waals surface area contributed by atoms with Crippen molar-refractivity contribution < 1.29 is 45.4 Å². The molecule has 10 nitrogen and oxygen atoms in total. The van der Waals surface area contributed by atoms with Gasteiger partial charge in [-0.05, 0) is 47.5 Å². The lowest BCUT2D eigenvalue weighted by atomic mass is 10.1. The summed E-state index contributed by atoms with van der Waals surface area (Å²) >= 11 is 0. The quantitative estimate of drug-likeness (QED) is 0.339. The summed E-state index contributed by atoms with van der Waals surface area (Å²) in [6, 6.07) is 13.8. The highest BCUT2D eigenvalue weighted by Crippen LogP contribution is 2.24. The highest BCUT2D eigenvalue weighted by atomic mass is 32.2. The van der Waals surface area contributed by atoms with Gasteiger partial charge in [0.1, 0.15) is 24.7 Å². The minimum atomic E-state index is -4.51. The summed E-state index contributed by atoms with van der Waals surface area (Å²) in [5.74, 6) is -4.70. The molecule has 0 bridgehead atoms. The monoisotopic (exact) mass is 568 g/mol. The molecule has 3 rings (SSSR count). The number of carbonyl (C=O) groups is 2. The van der Waals surface area contributed by atoms with E-state index in [1.54, 1.807) is 0 Å². The average molecular weight is 569 g/mol. The van der Waals surface area contributed by atoms with Crippen LogP contribution in [0.5, 0.6) is 0 Å². The van der Waals surface area contributed by atoms with Gasteiger partial charge in [0, 0.05) is 13.1 Å². The van der Waals surface area contributed by atoms with E-state index in [4.69, 9.17) is 0 Å². The summed E-state index contributed by atoms with van der Waals surface area (Å²) in [7, 11) is -9.02. The van der Waals surface area contributed by atoms with Crippen molar-refractivity contribution in [1.29, 1.82) is 0 Å². The Labute approximate surface area is 217 Å². The summed E-state index contributed by atoms with van der Waals surface area (Å²) in [6.07, 6.45) is 0. The molecule has 14 heteroatoms. The van der Waals surface area contributed by atoms with Crippen LogP contribution < -0.4 is 0 Å². The molecule has 0 unspecified atom stereocenters. The molecule has 0 fully saturated rings. The van der Waals surface area contributed by atoms with Crippen LogP contribution in [0.25, 0.3) is 0 Å². The molecule has 38 heavy (non-hydrogen) atoms. The molecular formula is C24H22F2N2O8S2. The van der Waals surface area contributed by atoms with E-state index in [9.17, 15) is 45.4 Å². The Bertz CT molecular complexity index is 1450. The van der Waals surface area contributed by atoms with Gasteiger partial charge in [-0.15, -0.1) is 0 Å². The van der Waals surface area contributed by atoms with Crippen molar-refractivity contribution in [2.75, 3.05) is 13.1 Å². The molecule has 2 N–H and O–H groups in total. The molecular weight excluding hydrogens is 546 g/mol. The molecule has 0 amide bonds. The zero-order valence-corrected chi connectivity index (χ0v) is 21.2. The van der Waals surface area contributed by atoms with Crippen molar-refractivity contribution in [1.82, 2.24) is 8.61 Å².